The summed E-state index contributed by atoms with van der Waals surface area (Å²) < 4.78 is 3.66. The number of anilines is 1. The topological polar surface area (TPSA) is 7.12 Å². The minimum atomic E-state index is 0.261. The van der Waals surface area contributed by atoms with E-state index in [9.17, 15) is 0 Å². The van der Waals surface area contributed by atoms with E-state index in [1.54, 1.807) is 0 Å². The number of aryl methyl sites for hydroxylation is 1. The number of thioether (sulfide) groups is 1. The Bertz CT molecular complexity index is 1230. The van der Waals surface area contributed by atoms with Gasteiger partial charge in [0.15, 0.2) is 0 Å². The van der Waals surface area contributed by atoms with Gasteiger partial charge in [-0.05, 0) is 53.7 Å². The lowest BCUT2D eigenvalue weighted by molar-refractivity contribution is -0.642. The molecule has 2 aliphatic rings. The van der Waals surface area contributed by atoms with Gasteiger partial charge in [-0.25, -0.2) is 0 Å². The molecule has 2 nitrogen and oxygen atoms in total. The van der Waals surface area contributed by atoms with E-state index >= 15 is 0 Å². The van der Waals surface area contributed by atoms with Crippen molar-refractivity contribution < 1.29 is 4.57 Å². The van der Waals surface area contributed by atoms with E-state index in [0.29, 0.717) is 0 Å². The van der Waals surface area contributed by atoms with Gasteiger partial charge in [0.25, 0.3) is 5.01 Å². The molecule has 0 fully saturated rings. The lowest BCUT2D eigenvalue weighted by Crippen LogP contribution is -2.29. The molecule has 30 heavy (non-hydrogen) atoms. The zero-order valence-corrected chi connectivity index (χ0v) is 19.6. The summed E-state index contributed by atoms with van der Waals surface area (Å²) in [6.45, 7) is 4.77. The second-order valence-corrected chi connectivity index (χ2v) is 11.2. The Labute approximate surface area is 187 Å². The van der Waals surface area contributed by atoms with Gasteiger partial charge in [-0.3, -0.25) is 0 Å². The fourth-order valence-corrected chi connectivity index (χ4v) is 6.76. The molecule has 0 amide bonds. The maximum atomic E-state index is 2.42. The van der Waals surface area contributed by atoms with E-state index in [4.69, 9.17) is 0 Å². The number of hydrogen-bond acceptors (Lipinski definition) is 3. The molecule has 3 aromatic rings. The van der Waals surface area contributed by atoms with Crippen LogP contribution in [0.25, 0.3) is 16.3 Å². The van der Waals surface area contributed by atoms with Gasteiger partial charge in [-0.1, -0.05) is 67.3 Å². The lowest BCUT2D eigenvalue weighted by Gasteiger charge is -2.30. The molecule has 2 heterocycles. The summed E-state index contributed by atoms with van der Waals surface area (Å²) in [5.74, 6) is 0. The fraction of sp³-hybridized carbons (Fsp3) is 0.269. The first-order valence-corrected chi connectivity index (χ1v) is 12.0. The van der Waals surface area contributed by atoms with Crippen molar-refractivity contribution in [1.29, 1.82) is 0 Å². The summed E-state index contributed by atoms with van der Waals surface area (Å²) in [6.07, 6.45) is 9.42. The van der Waals surface area contributed by atoms with Crippen LogP contribution in [0, 0.1) is 5.41 Å². The van der Waals surface area contributed by atoms with E-state index in [1.165, 1.54) is 42.0 Å². The first kappa shape index (κ1) is 19.7. The van der Waals surface area contributed by atoms with Crippen molar-refractivity contribution in [3.63, 3.8) is 0 Å². The number of nitrogens with zero attached hydrogens (tertiary/aromatic N) is 2. The van der Waals surface area contributed by atoms with Crippen LogP contribution in [-0.2, 0) is 7.05 Å². The molecule has 1 aromatic heterocycles. The quantitative estimate of drug-likeness (QED) is 0.406. The highest BCUT2D eigenvalue weighted by molar-refractivity contribution is 8.03. The average Bonchev–Trinajstić information content (AvgIpc) is 3.18. The molecule has 0 radical (unpaired) electrons. The minimum absolute atomic E-state index is 0.261. The van der Waals surface area contributed by atoms with Gasteiger partial charge in [-0.15, -0.1) is 0 Å². The number of para-hydroxylation sites is 2. The van der Waals surface area contributed by atoms with Crippen molar-refractivity contribution in [3.8, 4) is 0 Å². The maximum Gasteiger partial charge on any atom is 0.262 e. The summed E-state index contributed by atoms with van der Waals surface area (Å²) in [5.41, 5.74) is 5.71. The molecule has 0 spiro atoms. The van der Waals surface area contributed by atoms with Crippen molar-refractivity contribution in [1.82, 2.24) is 0 Å². The largest absolute Gasteiger partial charge is 0.338 e. The van der Waals surface area contributed by atoms with Crippen LogP contribution in [-0.4, -0.2) is 7.05 Å². The standard InChI is InChI=1S/C26H27N2S2/c1-26(2)16-18(14-24-27(3)20-9-5-7-11-22(20)29-24)13-19(17-26)15-25-28(4)21-10-6-8-12-23(21)30-25/h5-15H,16-17H2,1-4H3/q+1. The molecule has 4 heteroatoms. The number of benzene rings is 2. The van der Waals surface area contributed by atoms with E-state index in [2.05, 4.69) is 104 Å². The highest BCUT2D eigenvalue weighted by Crippen LogP contribution is 2.47. The SMILES string of the molecule is CN1C(=CC2=CC(=Cc3sc4ccccc4[n+]3C)CC(C)(C)C2)Sc2ccccc21. The van der Waals surface area contributed by atoms with Crippen LogP contribution < -0.4 is 9.47 Å². The van der Waals surface area contributed by atoms with Crippen LogP contribution in [0.1, 0.15) is 31.7 Å². The predicted molar refractivity (Wildman–Crippen MR) is 131 cm³/mol. The third-order valence-electron chi connectivity index (χ3n) is 5.90. The molecule has 0 saturated heterocycles. The van der Waals surface area contributed by atoms with Crippen LogP contribution in [0.4, 0.5) is 5.69 Å². The third kappa shape index (κ3) is 3.63. The van der Waals surface area contributed by atoms with Crippen molar-refractivity contribution in [3.05, 3.63) is 81.9 Å². The summed E-state index contributed by atoms with van der Waals surface area (Å²) in [6, 6.07) is 17.3. The number of thiazole rings is 1. The zero-order valence-electron chi connectivity index (χ0n) is 18.0. The van der Waals surface area contributed by atoms with Crippen molar-refractivity contribution >= 4 is 45.1 Å². The molecule has 5 rings (SSSR count). The fourth-order valence-electron chi connectivity index (χ4n) is 4.50. The Kier molecular flexibility index (Phi) is 4.87. The molecule has 0 bridgehead atoms. The van der Waals surface area contributed by atoms with Gasteiger partial charge in [0.2, 0.25) is 5.52 Å². The predicted octanol–water partition coefficient (Wildman–Crippen LogP) is 6.94. The maximum absolute atomic E-state index is 2.42. The third-order valence-corrected chi connectivity index (χ3v) is 8.23. The molecule has 0 saturated carbocycles. The first-order valence-electron chi connectivity index (χ1n) is 10.4. The molecule has 0 atom stereocenters. The zero-order chi connectivity index (χ0) is 20.9. The van der Waals surface area contributed by atoms with Crippen LogP contribution in [0.3, 0.4) is 0 Å². The van der Waals surface area contributed by atoms with Crippen LogP contribution in [0.2, 0.25) is 0 Å². The van der Waals surface area contributed by atoms with Crippen LogP contribution >= 0.6 is 23.1 Å². The summed E-state index contributed by atoms with van der Waals surface area (Å²) in [7, 11) is 4.35. The van der Waals surface area contributed by atoms with E-state index < -0.39 is 0 Å². The Balaban J connectivity index is 1.52. The average molecular weight is 432 g/mol. The van der Waals surface area contributed by atoms with E-state index in [1.807, 2.05) is 23.1 Å². The van der Waals surface area contributed by atoms with Crippen molar-refractivity contribution in [2.45, 2.75) is 31.6 Å². The molecule has 0 unspecified atom stereocenters. The van der Waals surface area contributed by atoms with Gasteiger partial charge in [0.05, 0.1) is 10.7 Å². The van der Waals surface area contributed by atoms with E-state index in [0.717, 1.165) is 12.8 Å². The number of rotatable bonds is 2. The van der Waals surface area contributed by atoms with Gasteiger partial charge < -0.3 is 4.90 Å². The smallest absolute Gasteiger partial charge is 0.262 e. The van der Waals surface area contributed by atoms with Crippen LogP contribution in [0.5, 0.6) is 0 Å². The molecule has 2 aromatic carbocycles. The van der Waals surface area contributed by atoms with Crippen LogP contribution in [0.15, 0.2) is 81.8 Å². The Morgan fingerprint density at radius 2 is 1.77 bits per heavy atom. The number of fused-ring (bicyclic) bond motifs is 2. The Morgan fingerprint density at radius 1 is 1.00 bits per heavy atom. The first-order chi connectivity index (χ1) is 14.4. The second kappa shape index (κ2) is 7.44. The summed E-state index contributed by atoms with van der Waals surface area (Å²) in [4.78, 5) is 3.66. The molecular weight excluding hydrogens is 404 g/mol. The monoisotopic (exact) mass is 431 g/mol. The normalized spacial score (nSPS) is 20.8. The number of hydrogen-bond donors (Lipinski definition) is 0. The molecular formula is C26H27N2S2+. The number of aromatic nitrogens is 1. The van der Waals surface area contributed by atoms with Gasteiger partial charge in [0.1, 0.15) is 11.7 Å². The highest BCUT2D eigenvalue weighted by atomic mass is 32.2. The lowest BCUT2D eigenvalue weighted by atomic mass is 9.75. The van der Waals surface area contributed by atoms with Gasteiger partial charge >= 0.3 is 0 Å². The van der Waals surface area contributed by atoms with Crippen molar-refractivity contribution in [2.75, 3.05) is 11.9 Å². The Morgan fingerprint density at radius 3 is 2.57 bits per heavy atom. The number of allylic oxidation sites excluding steroid dienone is 4. The van der Waals surface area contributed by atoms with Crippen molar-refractivity contribution in [2.24, 2.45) is 12.5 Å². The van der Waals surface area contributed by atoms with E-state index in [-0.39, 0.29) is 5.41 Å². The Hall–Kier alpha value is -2.30. The summed E-state index contributed by atoms with van der Waals surface area (Å²) >= 11 is 3.75. The molecule has 0 N–H and O–H groups in total. The molecule has 152 valence electrons. The molecule has 1 aliphatic heterocycles. The minimum Gasteiger partial charge on any atom is -0.338 e. The summed E-state index contributed by atoms with van der Waals surface area (Å²) in [5, 5.41) is 2.62. The van der Waals surface area contributed by atoms with Gasteiger partial charge in [-0.2, -0.15) is 4.57 Å². The second-order valence-electron chi connectivity index (χ2n) is 9.03. The van der Waals surface area contributed by atoms with Gasteiger partial charge in [0, 0.05) is 24.1 Å². The highest BCUT2D eigenvalue weighted by Gasteiger charge is 2.28. The molecule has 1 aliphatic carbocycles.